The second kappa shape index (κ2) is 12.7. The molecule has 0 saturated heterocycles. The van der Waals surface area contributed by atoms with Gasteiger partial charge in [-0.25, -0.2) is 23.0 Å². The Morgan fingerprint density at radius 2 is 1.73 bits per heavy atom. The van der Waals surface area contributed by atoms with Gasteiger partial charge in [-0.15, -0.1) is 0 Å². The van der Waals surface area contributed by atoms with E-state index >= 15 is 0 Å². The SMILES string of the molecule is CCCCOC(=O)OC(=O)Nc1ncc(-c2ccc(S(=O)(=O)C(C)C)cn2)cc1-c1cc(-c2ccc(C)cc2)no1. The van der Waals surface area contributed by atoms with Crippen LogP contribution in [-0.2, 0) is 19.3 Å². The van der Waals surface area contributed by atoms with Gasteiger partial charge >= 0.3 is 12.2 Å². The molecule has 0 aliphatic carbocycles. The molecular formula is C29H30N4O7S. The molecule has 11 nitrogen and oxygen atoms in total. The van der Waals surface area contributed by atoms with E-state index in [2.05, 4.69) is 25.2 Å². The zero-order valence-corrected chi connectivity index (χ0v) is 23.9. The maximum Gasteiger partial charge on any atom is 0.517 e. The molecule has 0 bridgehead atoms. The lowest BCUT2D eigenvalue weighted by molar-refractivity contribution is 0.0786. The van der Waals surface area contributed by atoms with E-state index in [-0.39, 0.29) is 23.1 Å². The topological polar surface area (TPSA) is 151 Å². The number of nitrogens with zero attached hydrogens (tertiary/aromatic N) is 3. The van der Waals surface area contributed by atoms with E-state index in [9.17, 15) is 18.0 Å². The van der Waals surface area contributed by atoms with Crippen LogP contribution in [0, 0.1) is 6.92 Å². The number of unbranched alkanes of at least 4 members (excludes halogenated alkanes) is 1. The fraction of sp³-hybridized carbons (Fsp3) is 0.276. The van der Waals surface area contributed by atoms with E-state index in [0.29, 0.717) is 28.9 Å². The van der Waals surface area contributed by atoms with Gasteiger partial charge in [0.25, 0.3) is 0 Å². The van der Waals surface area contributed by atoms with Crippen LogP contribution in [0.15, 0.2) is 70.3 Å². The Labute approximate surface area is 237 Å². The van der Waals surface area contributed by atoms with Gasteiger partial charge in [0, 0.05) is 29.6 Å². The monoisotopic (exact) mass is 578 g/mol. The maximum absolute atomic E-state index is 12.5. The number of anilines is 1. The van der Waals surface area contributed by atoms with Crippen molar-refractivity contribution in [3.05, 3.63) is 66.5 Å². The van der Waals surface area contributed by atoms with Crippen molar-refractivity contribution in [2.45, 2.75) is 50.7 Å². The minimum atomic E-state index is -3.49. The van der Waals surface area contributed by atoms with Gasteiger partial charge in [-0.05, 0) is 45.4 Å². The van der Waals surface area contributed by atoms with Crippen LogP contribution in [-0.4, -0.2) is 47.6 Å². The second-order valence-electron chi connectivity index (χ2n) is 9.50. The van der Waals surface area contributed by atoms with Gasteiger partial charge in [-0.3, -0.25) is 10.3 Å². The molecule has 0 fully saturated rings. The Bertz CT molecular complexity index is 1630. The van der Waals surface area contributed by atoms with Crippen LogP contribution in [0.4, 0.5) is 15.4 Å². The summed E-state index contributed by atoms with van der Waals surface area (Å²) in [6.07, 6.45) is 1.96. The number of carbonyl (C=O) groups excluding carboxylic acids is 2. The van der Waals surface area contributed by atoms with Gasteiger partial charge in [0.1, 0.15) is 11.5 Å². The smallest absolute Gasteiger partial charge is 0.434 e. The molecular weight excluding hydrogens is 548 g/mol. The number of nitrogens with one attached hydrogen (secondary N) is 1. The van der Waals surface area contributed by atoms with Crippen molar-refractivity contribution >= 4 is 27.9 Å². The van der Waals surface area contributed by atoms with Crippen LogP contribution >= 0.6 is 0 Å². The third-order valence-corrected chi connectivity index (χ3v) is 8.25. The number of sulfone groups is 1. The van der Waals surface area contributed by atoms with Crippen molar-refractivity contribution in [1.82, 2.24) is 15.1 Å². The third kappa shape index (κ3) is 7.14. The first-order valence-corrected chi connectivity index (χ1v) is 14.5. The fourth-order valence-electron chi connectivity index (χ4n) is 3.67. The lowest BCUT2D eigenvalue weighted by atomic mass is 10.1. The fourth-order valence-corrected chi connectivity index (χ4v) is 4.68. The van der Waals surface area contributed by atoms with Crippen LogP contribution < -0.4 is 5.32 Å². The molecule has 4 aromatic rings. The Morgan fingerprint density at radius 3 is 2.39 bits per heavy atom. The Hall–Kier alpha value is -4.58. The molecule has 0 aliphatic heterocycles. The molecule has 0 aliphatic rings. The van der Waals surface area contributed by atoms with Gasteiger partial charge in [-0.1, -0.05) is 48.3 Å². The first-order chi connectivity index (χ1) is 19.6. The van der Waals surface area contributed by atoms with E-state index in [1.807, 2.05) is 38.1 Å². The molecule has 1 N–H and O–H groups in total. The third-order valence-electron chi connectivity index (χ3n) is 6.11. The van der Waals surface area contributed by atoms with Crippen LogP contribution in [0.5, 0.6) is 0 Å². The maximum atomic E-state index is 12.5. The number of hydrogen-bond donors (Lipinski definition) is 1. The second-order valence-corrected chi connectivity index (χ2v) is 12.0. The summed E-state index contributed by atoms with van der Waals surface area (Å²) >= 11 is 0. The molecule has 0 atom stereocenters. The number of pyridine rings is 2. The highest BCUT2D eigenvalue weighted by Gasteiger charge is 2.22. The molecule has 3 heterocycles. The Balaban J connectivity index is 1.67. The molecule has 1 aromatic carbocycles. The average molecular weight is 579 g/mol. The van der Waals surface area contributed by atoms with Crippen molar-refractivity contribution in [2.75, 3.05) is 11.9 Å². The summed E-state index contributed by atoms with van der Waals surface area (Å²) in [6, 6.07) is 14.1. The van der Waals surface area contributed by atoms with E-state index in [4.69, 9.17) is 9.26 Å². The van der Waals surface area contributed by atoms with E-state index < -0.39 is 27.3 Å². The lowest BCUT2D eigenvalue weighted by Gasteiger charge is -2.11. The number of benzene rings is 1. The Morgan fingerprint density at radius 1 is 0.976 bits per heavy atom. The highest BCUT2D eigenvalue weighted by Crippen LogP contribution is 2.33. The highest BCUT2D eigenvalue weighted by atomic mass is 32.2. The average Bonchev–Trinajstić information content (AvgIpc) is 3.44. The number of aromatic nitrogens is 3. The molecule has 0 spiro atoms. The summed E-state index contributed by atoms with van der Waals surface area (Å²) in [4.78, 5) is 33.0. The van der Waals surface area contributed by atoms with E-state index in [1.54, 1.807) is 32.0 Å². The van der Waals surface area contributed by atoms with Gasteiger partial charge in [0.05, 0.1) is 28.0 Å². The lowest BCUT2D eigenvalue weighted by Crippen LogP contribution is -2.20. The van der Waals surface area contributed by atoms with Crippen LogP contribution in [0.1, 0.15) is 39.2 Å². The first kappa shape index (κ1) is 29.4. The normalized spacial score (nSPS) is 11.3. The van der Waals surface area contributed by atoms with Gasteiger partial charge in [-0.2, -0.15) is 0 Å². The zero-order chi connectivity index (χ0) is 29.6. The number of amides is 1. The predicted molar refractivity (Wildman–Crippen MR) is 152 cm³/mol. The van der Waals surface area contributed by atoms with Crippen molar-refractivity contribution < 1.29 is 32.0 Å². The minimum absolute atomic E-state index is 0.0331. The Kier molecular flexibility index (Phi) is 9.13. The van der Waals surface area contributed by atoms with Crippen molar-refractivity contribution in [3.63, 3.8) is 0 Å². The standard InChI is InChI=1S/C29H30N4O7S/c1-5-6-13-38-29(35)39-28(34)32-27-23(26-15-25(33-40-26)20-9-7-19(4)8-10-20)14-21(16-31-27)24-12-11-22(17-30-24)41(36,37)18(2)3/h7-12,14-18H,5-6,13H2,1-4H3,(H,31,32,34). The number of carbonyl (C=O) groups is 2. The summed E-state index contributed by atoms with van der Waals surface area (Å²) in [7, 11) is -3.49. The zero-order valence-electron chi connectivity index (χ0n) is 23.1. The molecule has 12 heteroatoms. The molecule has 3 aromatic heterocycles. The molecule has 0 radical (unpaired) electrons. The molecule has 214 valence electrons. The number of ether oxygens (including phenoxy) is 2. The summed E-state index contributed by atoms with van der Waals surface area (Å²) in [5.74, 6) is 0.306. The first-order valence-electron chi connectivity index (χ1n) is 13.0. The molecule has 0 saturated carbocycles. The van der Waals surface area contributed by atoms with Crippen molar-refractivity contribution in [2.24, 2.45) is 0 Å². The van der Waals surface area contributed by atoms with Crippen molar-refractivity contribution in [3.8, 4) is 33.8 Å². The summed E-state index contributed by atoms with van der Waals surface area (Å²) in [5.41, 5.74) is 3.74. The largest absolute Gasteiger partial charge is 0.517 e. The van der Waals surface area contributed by atoms with Crippen LogP contribution in [0.3, 0.4) is 0 Å². The quantitative estimate of drug-likeness (QED) is 0.133. The predicted octanol–water partition coefficient (Wildman–Crippen LogP) is 6.44. The van der Waals surface area contributed by atoms with Crippen LogP contribution in [0.25, 0.3) is 33.8 Å². The highest BCUT2D eigenvalue weighted by molar-refractivity contribution is 7.92. The van der Waals surface area contributed by atoms with Gasteiger partial charge in [0.15, 0.2) is 15.6 Å². The molecule has 41 heavy (non-hydrogen) atoms. The van der Waals surface area contributed by atoms with Crippen molar-refractivity contribution in [1.29, 1.82) is 0 Å². The number of hydrogen-bond acceptors (Lipinski definition) is 10. The minimum Gasteiger partial charge on any atom is -0.434 e. The van der Waals surface area contributed by atoms with E-state index in [0.717, 1.165) is 17.5 Å². The molecule has 1 amide bonds. The van der Waals surface area contributed by atoms with Gasteiger partial charge < -0.3 is 14.0 Å². The van der Waals surface area contributed by atoms with E-state index in [1.165, 1.54) is 18.5 Å². The van der Waals surface area contributed by atoms with Crippen LogP contribution in [0.2, 0.25) is 0 Å². The summed E-state index contributed by atoms with van der Waals surface area (Å²) < 4.78 is 40.2. The number of rotatable bonds is 9. The molecule has 0 unspecified atom stereocenters. The number of aryl methyl sites for hydroxylation is 1. The summed E-state index contributed by atoms with van der Waals surface area (Å²) in [5, 5.41) is 6.01. The van der Waals surface area contributed by atoms with Gasteiger partial charge in [0.2, 0.25) is 0 Å². The summed E-state index contributed by atoms with van der Waals surface area (Å²) in [6.45, 7) is 7.24. The molecule has 4 rings (SSSR count).